The fourth-order valence-electron chi connectivity index (χ4n) is 3.95. The number of carbonyl (C=O) groups is 2. The van der Waals surface area contributed by atoms with Crippen LogP contribution in [0.25, 0.3) is 11.1 Å². The summed E-state index contributed by atoms with van der Waals surface area (Å²) in [6, 6.07) is 16.0. The molecule has 1 aliphatic rings. The van der Waals surface area contributed by atoms with Gasteiger partial charge in [0.2, 0.25) is 0 Å². The Morgan fingerprint density at radius 1 is 1.07 bits per heavy atom. The van der Waals surface area contributed by atoms with Crippen LogP contribution in [0.15, 0.2) is 48.5 Å². The molecule has 3 rings (SSSR count). The van der Waals surface area contributed by atoms with E-state index in [1.807, 2.05) is 55.5 Å². The summed E-state index contributed by atoms with van der Waals surface area (Å²) in [5.41, 5.74) is 4.27. The van der Waals surface area contributed by atoms with Crippen LogP contribution in [-0.2, 0) is 14.3 Å². The Morgan fingerprint density at radius 2 is 1.64 bits per heavy atom. The molecule has 1 amide bonds. The van der Waals surface area contributed by atoms with Crippen molar-refractivity contribution in [3.05, 3.63) is 59.7 Å². The summed E-state index contributed by atoms with van der Waals surface area (Å²) in [5, 5.41) is 12.3. The van der Waals surface area contributed by atoms with Crippen molar-refractivity contribution in [3.63, 3.8) is 0 Å². The Bertz CT molecular complexity index is 805. The van der Waals surface area contributed by atoms with Gasteiger partial charge in [-0.25, -0.2) is 4.79 Å². The van der Waals surface area contributed by atoms with Gasteiger partial charge in [0.25, 0.3) is 0 Å². The second-order valence-electron chi connectivity index (χ2n) is 6.84. The first-order valence-electron chi connectivity index (χ1n) is 9.42. The molecule has 6 heteroatoms. The van der Waals surface area contributed by atoms with Crippen molar-refractivity contribution in [2.45, 2.75) is 31.9 Å². The van der Waals surface area contributed by atoms with Crippen LogP contribution in [-0.4, -0.2) is 37.1 Å². The van der Waals surface area contributed by atoms with E-state index in [1.54, 1.807) is 0 Å². The molecule has 1 aliphatic carbocycles. The van der Waals surface area contributed by atoms with Crippen LogP contribution < -0.4 is 5.32 Å². The third-order valence-electron chi connectivity index (χ3n) is 5.06. The number of hydrogen-bond donors (Lipinski definition) is 2. The number of carbonyl (C=O) groups excluding carboxylic acids is 1. The van der Waals surface area contributed by atoms with Gasteiger partial charge in [-0.2, -0.15) is 0 Å². The van der Waals surface area contributed by atoms with E-state index < -0.39 is 24.2 Å². The molecule has 0 heterocycles. The van der Waals surface area contributed by atoms with Crippen molar-refractivity contribution in [1.29, 1.82) is 0 Å². The van der Waals surface area contributed by atoms with E-state index in [0.29, 0.717) is 6.61 Å². The largest absolute Gasteiger partial charge is 0.481 e. The molecule has 2 aromatic carbocycles. The number of amides is 1. The molecule has 2 aromatic rings. The fraction of sp³-hybridized carbons (Fsp3) is 0.364. The highest BCUT2D eigenvalue weighted by atomic mass is 16.6. The molecule has 148 valence electrons. The first kappa shape index (κ1) is 19.9. The Balaban J connectivity index is 2.07. The lowest BCUT2D eigenvalue weighted by Gasteiger charge is -2.32. The lowest BCUT2D eigenvalue weighted by molar-refractivity contribution is -0.140. The normalized spacial score (nSPS) is 14.6. The highest BCUT2D eigenvalue weighted by Gasteiger charge is 2.40. The first-order chi connectivity index (χ1) is 13.6. The van der Waals surface area contributed by atoms with E-state index in [9.17, 15) is 14.7 Å². The molecule has 0 spiro atoms. The van der Waals surface area contributed by atoms with Crippen LogP contribution in [0, 0.1) is 5.92 Å². The Kier molecular flexibility index (Phi) is 6.31. The standard InChI is InChI=1S/C22H25NO5/c1-3-12-28-21(23-22(26)27-2)18(13-19(24)25)20-16-10-6-4-8-14(16)15-9-5-7-11-17(15)20/h4-11,18,20-21H,3,12-13H2,1-2H3,(H,23,26)(H,24,25)/t18-,21?/m0/s1. The van der Waals surface area contributed by atoms with E-state index in [-0.39, 0.29) is 12.3 Å². The average Bonchev–Trinajstić information content (AvgIpc) is 3.03. The van der Waals surface area contributed by atoms with E-state index in [1.165, 1.54) is 7.11 Å². The van der Waals surface area contributed by atoms with Crippen molar-refractivity contribution in [3.8, 4) is 11.1 Å². The number of rotatable bonds is 8. The molecule has 0 aromatic heterocycles. The maximum absolute atomic E-state index is 11.9. The SMILES string of the molecule is CCCOC(NC(=O)OC)[C@@H](CC(=O)O)C1c2ccccc2-c2ccccc21. The molecule has 2 N–H and O–H groups in total. The Hall–Kier alpha value is -2.86. The van der Waals surface area contributed by atoms with Crippen molar-refractivity contribution >= 4 is 12.1 Å². The van der Waals surface area contributed by atoms with Crippen LogP contribution in [0.2, 0.25) is 0 Å². The first-order valence-corrected chi connectivity index (χ1v) is 9.42. The predicted octanol–water partition coefficient (Wildman–Crippen LogP) is 4.00. The topological polar surface area (TPSA) is 84.9 Å². The number of carboxylic acids is 1. The van der Waals surface area contributed by atoms with E-state index in [4.69, 9.17) is 9.47 Å². The van der Waals surface area contributed by atoms with Gasteiger partial charge in [0, 0.05) is 18.4 Å². The minimum absolute atomic E-state index is 0.147. The van der Waals surface area contributed by atoms with Gasteiger partial charge < -0.3 is 14.6 Å². The van der Waals surface area contributed by atoms with Gasteiger partial charge in [-0.3, -0.25) is 10.1 Å². The molecule has 0 bridgehead atoms. The summed E-state index contributed by atoms with van der Waals surface area (Å²) in [6.07, 6.45) is -0.827. The van der Waals surface area contributed by atoms with Crippen molar-refractivity contribution in [2.75, 3.05) is 13.7 Å². The highest BCUT2D eigenvalue weighted by Crippen LogP contribution is 2.49. The number of carboxylic acid groups (broad SMARTS) is 1. The third kappa shape index (κ3) is 4.02. The van der Waals surface area contributed by atoms with Gasteiger partial charge in [0.05, 0.1) is 13.5 Å². The zero-order chi connectivity index (χ0) is 20.1. The second kappa shape index (κ2) is 8.89. The van der Waals surface area contributed by atoms with Crippen molar-refractivity contribution in [1.82, 2.24) is 5.32 Å². The predicted molar refractivity (Wildman–Crippen MR) is 105 cm³/mol. The van der Waals surface area contributed by atoms with Crippen LogP contribution in [0.5, 0.6) is 0 Å². The average molecular weight is 383 g/mol. The Labute approximate surface area is 164 Å². The van der Waals surface area contributed by atoms with E-state index in [0.717, 1.165) is 28.7 Å². The zero-order valence-corrected chi connectivity index (χ0v) is 16.1. The lowest BCUT2D eigenvalue weighted by atomic mass is 9.81. The third-order valence-corrected chi connectivity index (χ3v) is 5.06. The van der Waals surface area contributed by atoms with Crippen molar-refractivity contribution < 1.29 is 24.2 Å². The maximum Gasteiger partial charge on any atom is 0.408 e. The molecule has 1 unspecified atom stereocenters. The monoisotopic (exact) mass is 383 g/mol. The summed E-state index contributed by atoms with van der Waals surface area (Å²) in [7, 11) is 1.28. The van der Waals surface area contributed by atoms with Crippen LogP contribution in [0.1, 0.15) is 36.8 Å². The summed E-state index contributed by atoms with van der Waals surface area (Å²) >= 11 is 0. The molecule has 0 radical (unpaired) electrons. The van der Waals surface area contributed by atoms with Gasteiger partial charge in [-0.1, -0.05) is 55.5 Å². The highest BCUT2D eigenvalue weighted by molar-refractivity contribution is 5.79. The lowest BCUT2D eigenvalue weighted by Crippen LogP contribution is -2.45. The molecule has 28 heavy (non-hydrogen) atoms. The van der Waals surface area contributed by atoms with Gasteiger partial charge in [0.1, 0.15) is 6.23 Å². The van der Waals surface area contributed by atoms with Crippen LogP contribution in [0.4, 0.5) is 4.79 Å². The summed E-state index contributed by atoms with van der Waals surface area (Å²) < 4.78 is 10.6. The van der Waals surface area contributed by atoms with Gasteiger partial charge in [-0.05, 0) is 28.7 Å². The number of benzene rings is 2. The minimum atomic E-state index is -0.941. The number of fused-ring (bicyclic) bond motifs is 3. The molecule has 0 fully saturated rings. The minimum Gasteiger partial charge on any atom is -0.481 e. The molecule has 0 saturated carbocycles. The number of ether oxygens (including phenoxy) is 2. The number of methoxy groups -OCH3 is 1. The molecule has 0 saturated heterocycles. The number of nitrogens with one attached hydrogen (secondary N) is 1. The molecule has 0 aliphatic heterocycles. The van der Waals surface area contributed by atoms with Crippen molar-refractivity contribution in [2.24, 2.45) is 5.92 Å². The Morgan fingerprint density at radius 3 is 2.14 bits per heavy atom. The second-order valence-corrected chi connectivity index (χ2v) is 6.84. The van der Waals surface area contributed by atoms with E-state index in [2.05, 4.69) is 5.32 Å². The molecule has 2 atom stereocenters. The summed E-state index contributed by atoms with van der Waals surface area (Å²) in [4.78, 5) is 23.6. The van der Waals surface area contributed by atoms with Crippen LogP contribution >= 0.6 is 0 Å². The number of aliphatic carboxylic acids is 1. The van der Waals surface area contributed by atoms with Gasteiger partial charge in [-0.15, -0.1) is 0 Å². The molecular formula is C22H25NO5. The summed E-state index contributed by atoms with van der Waals surface area (Å²) in [6.45, 7) is 2.36. The van der Waals surface area contributed by atoms with Gasteiger partial charge >= 0.3 is 12.1 Å². The summed E-state index contributed by atoms with van der Waals surface area (Å²) in [5.74, 6) is -1.64. The van der Waals surface area contributed by atoms with E-state index >= 15 is 0 Å². The smallest absolute Gasteiger partial charge is 0.408 e. The molecule has 6 nitrogen and oxygen atoms in total. The quantitative estimate of drug-likeness (QED) is 0.673. The number of alkyl carbamates (subject to hydrolysis) is 1. The van der Waals surface area contributed by atoms with Crippen LogP contribution in [0.3, 0.4) is 0 Å². The maximum atomic E-state index is 11.9. The number of hydrogen-bond acceptors (Lipinski definition) is 4. The fourth-order valence-corrected chi connectivity index (χ4v) is 3.95. The zero-order valence-electron chi connectivity index (χ0n) is 16.1. The molecular weight excluding hydrogens is 358 g/mol. The van der Waals surface area contributed by atoms with Gasteiger partial charge in [0.15, 0.2) is 0 Å².